The number of phenols is 1. The fourth-order valence-corrected chi connectivity index (χ4v) is 3.81. The van der Waals surface area contributed by atoms with Crippen molar-refractivity contribution in [1.82, 2.24) is 4.37 Å². The molecule has 3 aromatic rings. The van der Waals surface area contributed by atoms with E-state index in [0.29, 0.717) is 27.3 Å². The highest BCUT2D eigenvalue weighted by Gasteiger charge is 2.12. The van der Waals surface area contributed by atoms with Gasteiger partial charge in [0.15, 0.2) is 10.8 Å². The number of carbonyl (C=O) groups is 1. The Morgan fingerprint density at radius 3 is 2.72 bits per heavy atom. The normalized spacial score (nSPS) is 11.8. The van der Waals surface area contributed by atoms with Gasteiger partial charge in [-0.05, 0) is 41.9 Å². The molecule has 1 aromatic heterocycles. The van der Waals surface area contributed by atoms with Crippen molar-refractivity contribution in [2.45, 2.75) is 13.3 Å². The number of hydrogen-bond donors (Lipinski definition) is 3. The predicted octanol–water partition coefficient (Wildman–Crippen LogP) is 4.79. The number of fused-ring (bicyclic) bond motifs is 1. The molecule has 0 saturated heterocycles. The number of nitrogens with one attached hydrogen (secondary N) is 2. The lowest BCUT2D eigenvalue weighted by molar-refractivity contribution is -0.115. The lowest BCUT2D eigenvalue weighted by Crippen LogP contribution is -2.09. The minimum atomic E-state index is -3.42. The maximum atomic E-state index is 11.6. The molecule has 0 radical (unpaired) electrons. The topological polar surface area (TPSA) is 133 Å². The SMILES string of the molecule is CCC(=O)Nc1cc(N=Nc2snc3ccc(NS(C)(=O)=O)cc23)cc(Cl)c1O. The van der Waals surface area contributed by atoms with E-state index in [-0.39, 0.29) is 28.8 Å². The summed E-state index contributed by atoms with van der Waals surface area (Å²) in [6, 6.07) is 7.74. The van der Waals surface area contributed by atoms with Crippen LogP contribution < -0.4 is 10.0 Å². The Morgan fingerprint density at radius 2 is 2.03 bits per heavy atom. The number of rotatable bonds is 6. The summed E-state index contributed by atoms with van der Waals surface area (Å²) in [5.74, 6) is -0.544. The highest BCUT2D eigenvalue weighted by molar-refractivity contribution is 7.92. The van der Waals surface area contributed by atoms with Crippen molar-refractivity contribution in [2.24, 2.45) is 10.2 Å². The van der Waals surface area contributed by atoms with Gasteiger partial charge in [0.25, 0.3) is 0 Å². The van der Waals surface area contributed by atoms with Crippen LogP contribution in [0.25, 0.3) is 10.9 Å². The number of carbonyl (C=O) groups excluding carboxylic acids is 1. The number of aromatic nitrogens is 1. The second kappa shape index (κ2) is 8.31. The van der Waals surface area contributed by atoms with Gasteiger partial charge in [0, 0.05) is 17.5 Å². The fourth-order valence-electron chi connectivity index (χ4n) is 2.36. The predicted molar refractivity (Wildman–Crippen MR) is 114 cm³/mol. The van der Waals surface area contributed by atoms with Crippen molar-refractivity contribution in [3.63, 3.8) is 0 Å². The van der Waals surface area contributed by atoms with Crippen molar-refractivity contribution >= 4 is 72.0 Å². The Kier molecular flexibility index (Phi) is 6.01. The number of phenolic OH excluding ortho intramolecular Hbond substituents is 1. The maximum absolute atomic E-state index is 11.6. The molecule has 152 valence electrons. The number of nitrogens with zero attached hydrogens (tertiary/aromatic N) is 3. The van der Waals surface area contributed by atoms with Crippen molar-refractivity contribution in [1.29, 1.82) is 0 Å². The van der Waals surface area contributed by atoms with Gasteiger partial charge >= 0.3 is 0 Å². The van der Waals surface area contributed by atoms with Crippen molar-refractivity contribution in [2.75, 3.05) is 16.3 Å². The van der Waals surface area contributed by atoms with Gasteiger partial charge in [0.05, 0.1) is 28.2 Å². The summed E-state index contributed by atoms with van der Waals surface area (Å²) in [6.45, 7) is 1.68. The Hall–Kier alpha value is -2.76. The lowest BCUT2D eigenvalue weighted by atomic mass is 10.2. The first-order chi connectivity index (χ1) is 13.7. The smallest absolute Gasteiger partial charge is 0.229 e. The lowest BCUT2D eigenvalue weighted by Gasteiger charge is -2.08. The van der Waals surface area contributed by atoms with E-state index < -0.39 is 10.0 Å². The van der Waals surface area contributed by atoms with E-state index in [2.05, 4.69) is 24.6 Å². The van der Waals surface area contributed by atoms with Crippen LogP contribution in [0, 0.1) is 0 Å². The zero-order valence-corrected chi connectivity index (χ0v) is 17.7. The molecule has 1 heterocycles. The largest absolute Gasteiger partial charge is 0.504 e. The van der Waals surface area contributed by atoms with Crippen LogP contribution in [0.1, 0.15) is 13.3 Å². The molecule has 3 rings (SSSR count). The zero-order valence-electron chi connectivity index (χ0n) is 15.3. The Morgan fingerprint density at radius 1 is 1.28 bits per heavy atom. The van der Waals surface area contributed by atoms with Crippen LogP contribution in [0.15, 0.2) is 40.6 Å². The molecular formula is C17H16ClN5O4S2. The van der Waals surface area contributed by atoms with Gasteiger partial charge in [-0.25, -0.2) is 8.42 Å². The van der Waals surface area contributed by atoms with Crippen LogP contribution in [0.4, 0.5) is 22.1 Å². The molecule has 0 fully saturated rings. The summed E-state index contributed by atoms with van der Waals surface area (Å²) >= 11 is 7.10. The monoisotopic (exact) mass is 453 g/mol. The molecule has 9 nitrogen and oxygen atoms in total. The molecule has 0 bridgehead atoms. The highest BCUT2D eigenvalue weighted by atomic mass is 35.5. The second-order valence-corrected chi connectivity index (χ2v) is 8.93. The van der Waals surface area contributed by atoms with E-state index in [9.17, 15) is 18.3 Å². The maximum Gasteiger partial charge on any atom is 0.229 e. The average Bonchev–Trinajstić information content (AvgIpc) is 3.04. The number of sulfonamides is 1. The third-order valence-electron chi connectivity index (χ3n) is 3.66. The number of aromatic hydroxyl groups is 1. The van der Waals surface area contributed by atoms with Gasteiger partial charge in [0.2, 0.25) is 15.9 Å². The van der Waals surface area contributed by atoms with Crippen LogP contribution in [-0.2, 0) is 14.8 Å². The number of halogens is 1. The van der Waals surface area contributed by atoms with Gasteiger partial charge in [-0.2, -0.15) is 4.37 Å². The van der Waals surface area contributed by atoms with E-state index in [1.165, 1.54) is 12.1 Å². The summed E-state index contributed by atoms with van der Waals surface area (Å²) in [7, 11) is -3.42. The summed E-state index contributed by atoms with van der Waals surface area (Å²) in [6.07, 6.45) is 1.30. The summed E-state index contributed by atoms with van der Waals surface area (Å²) in [5, 5.41) is 21.9. The molecule has 0 aliphatic heterocycles. The third kappa shape index (κ3) is 5.19. The summed E-state index contributed by atoms with van der Waals surface area (Å²) < 4.78 is 29.5. The quantitative estimate of drug-likeness (QED) is 0.364. The second-order valence-electron chi connectivity index (χ2n) is 6.02. The molecule has 2 aromatic carbocycles. The number of azo groups is 1. The molecule has 0 spiro atoms. The first-order valence-electron chi connectivity index (χ1n) is 8.27. The number of benzene rings is 2. The van der Waals surface area contributed by atoms with E-state index in [0.717, 1.165) is 17.8 Å². The Bertz CT molecular complexity index is 1220. The minimum absolute atomic E-state index is 0.0154. The third-order valence-corrected chi connectivity index (χ3v) is 5.32. The van der Waals surface area contributed by atoms with E-state index in [1.807, 2.05) is 0 Å². The molecule has 0 aliphatic carbocycles. The van der Waals surface area contributed by atoms with Crippen LogP contribution in [0.2, 0.25) is 5.02 Å². The molecule has 0 aliphatic rings. The standard InChI is InChI=1S/C17H16ClN5O4S2/c1-3-15(24)19-14-8-10(7-12(18)16(14)25)20-21-17-11-6-9(23-29(2,26)27)4-5-13(11)22-28-17/h4-8,23,25H,3H2,1-2H3,(H,19,24). The first kappa shape index (κ1) is 21.0. The van der Waals surface area contributed by atoms with Gasteiger partial charge in [-0.15, -0.1) is 10.2 Å². The van der Waals surface area contributed by atoms with Crippen LogP contribution in [-0.4, -0.2) is 30.1 Å². The number of hydrogen-bond acceptors (Lipinski definition) is 8. The molecule has 12 heteroatoms. The average molecular weight is 454 g/mol. The van der Waals surface area contributed by atoms with Crippen molar-refractivity contribution in [3.8, 4) is 5.75 Å². The van der Waals surface area contributed by atoms with Gasteiger partial charge in [-0.3, -0.25) is 9.52 Å². The molecular weight excluding hydrogens is 438 g/mol. The molecule has 0 atom stereocenters. The van der Waals surface area contributed by atoms with Crippen molar-refractivity contribution < 1.29 is 18.3 Å². The molecule has 3 N–H and O–H groups in total. The van der Waals surface area contributed by atoms with Gasteiger partial charge in [0.1, 0.15) is 0 Å². The fraction of sp³-hybridized carbons (Fsp3) is 0.176. The number of amides is 1. The summed E-state index contributed by atoms with van der Waals surface area (Å²) in [4.78, 5) is 11.6. The Balaban J connectivity index is 1.94. The highest BCUT2D eigenvalue weighted by Crippen LogP contribution is 2.38. The molecule has 0 unspecified atom stereocenters. The summed E-state index contributed by atoms with van der Waals surface area (Å²) in [5.41, 5.74) is 1.47. The number of anilines is 2. The van der Waals surface area contributed by atoms with Crippen molar-refractivity contribution in [3.05, 3.63) is 35.4 Å². The van der Waals surface area contributed by atoms with Crippen LogP contribution >= 0.6 is 23.1 Å². The molecule has 0 saturated carbocycles. The van der Waals surface area contributed by atoms with Crippen LogP contribution in [0.3, 0.4) is 0 Å². The van der Waals surface area contributed by atoms with E-state index in [1.54, 1.807) is 25.1 Å². The van der Waals surface area contributed by atoms with Gasteiger partial charge in [-0.1, -0.05) is 18.5 Å². The zero-order chi connectivity index (χ0) is 21.2. The molecule has 29 heavy (non-hydrogen) atoms. The minimum Gasteiger partial charge on any atom is -0.504 e. The first-order valence-corrected chi connectivity index (χ1v) is 11.3. The van der Waals surface area contributed by atoms with E-state index in [4.69, 9.17) is 11.6 Å². The van der Waals surface area contributed by atoms with E-state index >= 15 is 0 Å². The molecule has 1 amide bonds. The van der Waals surface area contributed by atoms with Gasteiger partial charge < -0.3 is 10.4 Å². The van der Waals surface area contributed by atoms with Crippen LogP contribution in [0.5, 0.6) is 5.75 Å². The Labute approximate surface area is 175 Å².